The van der Waals surface area contributed by atoms with Crippen molar-refractivity contribution >= 4 is 11.9 Å². The van der Waals surface area contributed by atoms with Crippen molar-refractivity contribution in [1.82, 2.24) is 29.2 Å². The minimum Gasteiger partial charge on any atom is -0.347 e. The zero-order valence-electron chi connectivity index (χ0n) is 18.4. The molecule has 0 aliphatic carbocycles. The highest BCUT2D eigenvalue weighted by Gasteiger charge is 2.46. The average molecular weight is 420 g/mol. The van der Waals surface area contributed by atoms with Crippen molar-refractivity contribution in [1.29, 1.82) is 0 Å². The lowest BCUT2D eigenvalue weighted by molar-refractivity contribution is 0.0634. The van der Waals surface area contributed by atoms with Crippen molar-refractivity contribution in [2.75, 3.05) is 24.5 Å². The van der Waals surface area contributed by atoms with Crippen LogP contribution in [0.5, 0.6) is 0 Å². The summed E-state index contributed by atoms with van der Waals surface area (Å²) in [4.78, 5) is 26.5. The molecule has 2 aliphatic rings. The van der Waals surface area contributed by atoms with Crippen molar-refractivity contribution in [3.8, 4) is 0 Å². The Morgan fingerprint density at radius 3 is 2.52 bits per heavy atom. The normalized spacial score (nSPS) is 17.9. The van der Waals surface area contributed by atoms with E-state index in [-0.39, 0.29) is 17.4 Å². The van der Waals surface area contributed by atoms with E-state index in [0.717, 1.165) is 37.6 Å². The minimum atomic E-state index is -0.139. The predicted octanol–water partition coefficient (Wildman–Crippen LogP) is 2.79. The molecule has 31 heavy (non-hydrogen) atoms. The van der Waals surface area contributed by atoms with Crippen LogP contribution in [0.2, 0.25) is 0 Å². The number of carbonyl (C=O) groups is 1. The molecule has 0 bridgehead atoms. The molecule has 0 saturated carbocycles. The van der Waals surface area contributed by atoms with Crippen molar-refractivity contribution in [3.63, 3.8) is 0 Å². The van der Waals surface area contributed by atoms with Gasteiger partial charge in [0.15, 0.2) is 0 Å². The number of carbonyl (C=O) groups excluding carboxylic acids is 1. The zero-order chi connectivity index (χ0) is 21.6. The number of rotatable bonds is 3. The van der Waals surface area contributed by atoms with Gasteiger partial charge in [0, 0.05) is 75.0 Å². The van der Waals surface area contributed by atoms with E-state index in [2.05, 4.69) is 39.6 Å². The number of fused-ring (bicyclic) bond motifs is 2. The van der Waals surface area contributed by atoms with Gasteiger partial charge in [-0.2, -0.15) is 5.10 Å². The van der Waals surface area contributed by atoms with Crippen LogP contribution < -0.4 is 4.90 Å². The van der Waals surface area contributed by atoms with Gasteiger partial charge in [0.25, 0.3) is 5.91 Å². The maximum absolute atomic E-state index is 13.4. The summed E-state index contributed by atoms with van der Waals surface area (Å²) in [5.74, 6) is 0.862. The molecular formula is C23H29N7O. The first-order valence-corrected chi connectivity index (χ1v) is 11.0. The van der Waals surface area contributed by atoms with Gasteiger partial charge in [0.2, 0.25) is 5.95 Å². The summed E-state index contributed by atoms with van der Waals surface area (Å²) in [7, 11) is 1.92. The summed E-state index contributed by atoms with van der Waals surface area (Å²) in [6, 6.07) is 5.95. The third-order valence-corrected chi connectivity index (χ3v) is 6.70. The van der Waals surface area contributed by atoms with Gasteiger partial charge in [-0.25, -0.2) is 9.97 Å². The largest absolute Gasteiger partial charge is 0.347 e. The number of nitrogens with zero attached hydrogens (tertiary/aromatic N) is 7. The molecule has 5 heterocycles. The number of anilines is 1. The first kappa shape index (κ1) is 19.8. The van der Waals surface area contributed by atoms with E-state index < -0.39 is 0 Å². The summed E-state index contributed by atoms with van der Waals surface area (Å²) in [6.07, 6.45) is 9.48. The molecule has 0 aromatic carbocycles. The van der Waals surface area contributed by atoms with E-state index in [1.54, 1.807) is 12.4 Å². The molecule has 1 fully saturated rings. The van der Waals surface area contributed by atoms with E-state index in [4.69, 9.17) is 5.10 Å². The van der Waals surface area contributed by atoms with Gasteiger partial charge in [0.1, 0.15) is 5.69 Å². The van der Waals surface area contributed by atoms with Crippen molar-refractivity contribution in [2.45, 2.75) is 44.7 Å². The Morgan fingerprint density at radius 1 is 1.13 bits per heavy atom. The van der Waals surface area contributed by atoms with Crippen LogP contribution in [0.1, 0.15) is 54.5 Å². The highest BCUT2D eigenvalue weighted by atomic mass is 16.2. The molecule has 1 amide bonds. The summed E-state index contributed by atoms with van der Waals surface area (Å²) in [5, 5.41) is 5.02. The fraction of sp³-hybridized carbons (Fsp3) is 0.478. The second kappa shape index (κ2) is 7.51. The molecule has 0 radical (unpaired) electrons. The average Bonchev–Trinajstić information content (AvgIpc) is 3.41. The number of amides is 1. The van der Waals surface area contributed by atoms with E-state index >= 15 is 0 Å². The van der Waals surface area contributed by atoms with Crippen molar-refractivity contribution in [2.24, 2.45) is 7.05 Å². The maximum atomic E-state index is 13.4. The Morgan fingerprint density at radius 2 is 1.87 bits per heavy atom. The van der Waals surface area contributed by atoms with Crippen LogP contribution >= 0.6 is 0 Å². The van der Waals surface area contributed by atoms with Gasteiger partial charge >= 0.3 is 0 Å². The smallest absolute Gasteiger partial charge is 0.270 e. The molecule has 1 spiro atoms. The van der Waals surface area contributed by atoms with Crippen LogP contribution in [0, 0.1) is 0 Å². The summed E-state index contributed by atoms with van der Waals surface area (Å²) < 4.78 is 3.95. The molecule has 3 aromatic heterocycles. The quantitative estimate of drug-likeness (QED) is 0.653. The van der Waals surface area contributed by atoms with E-state index in [0.29, 0.717) is 13.1 Å². The highest BCUT2D eigenvalue weighted by Crippen LogP contribution is 2.42. The van der Waals surface area contributed by atoms with Gasteiger partial charge in [0.05, 0.1) is 5.69 Å². The first-order valence-electron chi connectivity index (χ1n) is 11.0. The molecule has 162 valence electrons. The number of hydrogen-bond donors (Lipinski definition) is 0. The lowest BCUT2D eigenvalue weighted by atomic mass is 9.72. The van der Waals surface area contributed by atoms with Crippen LogP contribution in [0.25, 0.3) is 0 Å². The maximum Gasteiger partial charge on any atom is 0.270 e. The molecule has 3 aromatic rings. The molecule has 0 unspecified atom stereocenters. The van der Waals surface area contributed by atoms with Crippen LogP contribution in [-0.2, 0) is 19.0 Å². The second-order valence-corrected chi connectivity index (χ2v) is 9.06. The fourth-order valence-electron chi connectivity index (χ4n) is 4.93. The monoisotopic (exact) mass is 419 g/mol. The Bertz CT molecular complexity index is 1080. The highest BCUT2D eigenvalue weighted by molar-refractivity contribution is 5.93. The van der Waals surface area contributed by atoms with Crippen LogP contribution in [0.15, 0.2) is 43.0 Å². The summed E-state index contributed by atoms with van der Waals surface area (Å²) in [5.41, 5.74) is 2.93. The number of aromatic nitrogens is 5. The molecule has 0 atom stereocenters. The molecule has 0 N–H and O–H groups in total. The SMILES string of the molecule is CC(C)n1cc2c(n1)C1(CCN(c3ncccn3)CC1)CN(C(=O)c1cccn1C)C2. The Hall–Kier alpha value is -3.16. The van der Waals surface area contributed by atoms with Crippen molar-refractivity contribution < 1.29 is 4.79 Å². The van der Waals surface area contributed by atoms with Gasteiger partial charge in [-0.1, -0.05) is 0 Å². The summed E-state index contributed by atoms with van der Waals surface area (Å²) in [6.45, 7) is 7.30. The Balaban J connectivity index is 1.47. The zero-order valence-corrected chi connectivity index (χ0v) is 18.4. The topological polar surface area (TPSA) is 72.1 Å². The Kier molecular flexibility index (Phi) is 4.79. The van der Waals surface area contributed by atoms with Gasteiger partial charge in [-0.05, 0) is 44.9 Å². The predicted molar refractivity (Wildman–Crippen MR) is 118 cm³/mol. The second-order valence-electron chi connectivity index (χ2n) is 9.06. The lowest BCUT2D eigenvalue weighted by Gasteiger charge is -2.46. The molecule has 2 aliphatic heterocycles. The van der Waals surface area contributed by atoms with Crippen molar-refractivity contribution in [3.05, 3.63) is 59.9 Å². The molecular weight excluding hydrogens is 390 g/mol. The van der Waals surface area contributed by atoms with Crippen LogP contribution in [0.3, 0.4) is 0 Å². The first-order chi connectivity index (χ1) is 15.0. The van der Waals surface area contributed by atoms with E-state index in [1.165, 1.54) is 11.3 Å². The van der Waals surface area contributed by atoms with Gasteiger partial charge in [-0.15, -0.1) is 0 Å². The van der Waals surface area contributed by atoms with E-state index in [9.17, 15) is 4.79 Å². The fourth-order valence-corrected chi connectivity index (χ4v) is 4.93. The minimum absolute atomic E-state index is 0.0867. The van der Waals surface area contributed by atoms with Crippen LogP contribution in [-0.4, -0.2) is 54.8 Å². The number of hydrogen-bond acceptors (Lipinski definition) is 5. The van der Waals surface area contributed by atoms with Gasteiger partial charge in [-0.3, -0.25) is 9.48 Å². The van der Waals surface area contributed by atoms with Gasteiger partial charge < -0.3 is 14.4 Å². The lowest BCUT2D eigenvalue weighted by Crippen LogP contribution is -2.53. The standard InChI is InChI=1S/C23H29N7O/c1-17(2)30-15-18-14-29(21(31)19-6-4-11-27(19)3)16-23(20(18)26-30)7-12-28(13-8-23)22-24-9-5-10-25-22/h4-6,9-11,15,17H,7-8,12-14,16H2,1-3H3. The third kappa shape index (κ3) is 3.40. The number of aryl methyl sites for hydroxylation is 1. The van der Waals surface area contributed by atoms with Crippen LogP contribution in [0.4, 0.5) is 5.95 Å². The third-order valence-electron chi connectivity index (χ3n) is 6.70. The molecule has 8 heteroatoms. The summed E-state index contributed by atoms with van der Waals surface area (Å²) >= 11 is 0. The number of piperidine rings is 1. The molecule has 5 rings (SSSR count). The Labute approximate surface area is 182 Å². The van der Waals surface area contributed by atoms with E-state index in [1.807, 2.05) is 40.9 Å². The molecule has 8 nitrogen and oxygen atoms in total. The molecule has 1 saturated heterocycles.